The molecule has 0 aliphatic rings. The van der Waals surface area contributed by atoms with Crippen molar-refractivity contribution in [2.24, 2.45) is 0 Å². The summed E-state index contributed by atoms with van der Waals surface area (Å²) in [4.78, 5) is 10.6. The molecule has 0 saturated carbocycles. The van der Waals surface area contributed by atoms with E-state index in [0.29, 0.717) is 0 Å². The van der Waals surface area contributed by atoms with E-state index in [-0.39, 0.29) is 17.0 Å². The molecule has 0 amide bonds. The zero-order chi connectivity index (χ0) is 9.30. The van der Waals surface area contributed by atoms with Crippen molar-refractivity contribution in [1.29, 1.82) is 0 Å². The van der Waals surface area contributed by atoms with E-state index in [1.807, 2.05) is 0 Å². The Morgan fingerprint density at radius 1 is 1.67 bits per heavy atom. The van der Waals surface area contributed by atoms with Gasteiger partial charge in [-0.25, -0.2) is 4.79 Å². The summed E-state index contributed by atoms with van der Waals surface area (Å²) in [7, 11) is 0. The molecule has 5 nitrogen and oxygen atoms in total. The van der Waals surface area contributed by atoms with Crippen molar-refractivity contribution in [1.82, 2.24) is 5.16 Å². The minimum Gasteiger partial charge on any atom is -0.477 e. The van der Waals surface area contributed by atoms with Crippen molar-refractivity contribution in [2.75, 3.05) is 0 Å². The minimum atomic E-state index is -1.13. The summed E-state index contributed by atoms with van der Waals surface area (Å²) in [6.07, 6.45) is -0.947. The number of hydrogen-bond acceptors (Lipinski definition) is 4. The molecule has 1 rings (SSSR count). The molecule has 1 unspecified atom stereocenters. The zero-order valence-corrected chi connectivity index (χ0v) is 6.74. The van der Waals surface area contributed by atoms with Gasteiger partial charge in [0.1, 0.15) is 11.7 Å². The molecule has 12 heavy (non-hydrogen) atoms. The molecule has 66 valence electrons. The molecule has 1 atom stereocenters. The monoisotopic (exact) mass is 171 g/mol. The highest BCUT2D eigenvalue weighted by molar-refractivity contribution is 5.89. The summed E-state index contributed by atoms with van der Waals surface area (Å²) in [6.45, 7) is 2.94. The Hall–Kier alpha value is -1.36. The van der Waals surface area contributed by atoms with Gasteiger partial charge in [0.15, 0.2) is 5.76 Å². The second kappa shape index (κ2) is 2.94. The van der Waals surface area contributed by atoms with E-state index in [1.54, 1.807) is 0 Å². The number of aromatic carboxylic acids is 1. The smallest absolute Gasteiger partial charge is 0.341 e. The van der Waals surface area contributed by atoms with Crippen molar-refractivity contribution >= 4 is 5.97 Å². The van der Waals surface area contributed by atoms with Gasteiger partial charge < -0.3 is 14.7 Å². The van der Waals surface area contributed by atoms with Crippen molar-refractivity contribution in [3.8, 4) is 0 Å². The first-order valence-corrected chi connectivity index (χ1v) is 3.41. The van der Waals surface area contributed by atoms with Crippen LogP contribution in [0.2, 0.25) is 0 Å². The van der Waals surface area contributed by atoms with Gasteiger partial charge in [-0.15, -0.1) is 0 Å². The van der Waals surface area contributed by atoms with Crippen LogP contribution in [0, 0.1) is 6.92 Å². The van der Waals surface area contributed by atoms with E-state index >= 15 is 0 Å². The Bertz CT molecular complexity index is 302. The van der Waals surface area contributed by atoms with Crippen LogP contribution in [0.3, 0.4) is 0 Å². The molecular weight excluding hydrogens is 162 g/mol. The molecule has 0 bridgehead atoms. The van der Waals surface area contributed by atoms with Gasteiger partial charge in [0, 0.05) is 0 Å². The number of aryl methyl sites for hydroxylation is 1. The number of nitrogens with zero attached hydrogens (tertiary/aromatic N) is 1. The maximum absolute atomic E-state index is 10.6. The van der Waals surface area contributed by atoms with Crippen LogP contribution in [0.25, 0.3) is 0 Å². The third-order valence-corrected chi connectivity index (χ3v) is 1.48. The van der Waals surface area contributed by atoms with Crippen LogP contribution < -0.4 is 0 Å². The maximum atomic E-state index is 10.6. The van der Waals surface area contributed by atoms with Gasteiger partial charge >= 0.3 is 5.97 Å². The lowest BCUT2D eigenvalue weighted by Gasteiger charge is -1.98. The standard InChI is InChI=1S/C7H9NO4/c1-3-5(7(10)11)6(4(2)9)12-8-3/h4,9H,1-2H3,(H,10,11). The molecule has 0 spiro atoms. The number of aliphatic hydroxyl groups excluding tert-OH is 1. The SMILES string of the molecule is Cc1noc(C(C)O)c1C(=O)O. The second-order valence-electron chi connectivity index (χ2n) is 2.49. The van der Waals surface area contributed by atoms with Crippen molar-refractivity contribution in [3.05, 3.63) is 17.0 Å². The van der Waals surface area contributed by atoms with Crippen LogP contribution in [0.5, 0.6) is 0 Å². The van der Waals surface area contributed by atoms with Crippen LogP contribution in [-0.2, 0) is 0 Å². The largest absolute Gasteiger partial charge is 0.477 e. The number of rotatable bonds is 2. The third kappa shape index (κ3) is 1.31. The molecule has 1 aromatic heterocycles. The van der Waals surface area contributed by atoms with Crippen molar-refractivity contribution in [3.63, 3.8) is 0 Å². The third-order valence-electron chi connectivity index (χ3n) is 1.48. The van der Waals surface area contributed by atoms with Crippen molar-refractivity contribution < 1.29 is 19.5 Å². The quantitative estimate of drug-likeness (QED) is 0.685. The van der Waals surface area contributed by atoms with Gasteiger partial charge in [0.2, 0.25) is 0 Å². The van der Waals surface area contributed by atoms with Crippen LogP contribution in [0.1, 0.15) is 34.8 Å². The number of aliphatic hydroxyl groups is 1. The minimum absolute atomic E-state index is 0.000000000000000444. The maximum Gasteiger partial charge on any atom is 0.341 e. The Morgan fingerprint density at radius 2 is 2.25 bits per heavy atom. The summed E-state index contributed by atoms with van der Waals surface area (Å²) < 4.78 is 4.64. The summed E-state index contributed by atoms with van der Waals surface area (Å²) >= 11 is 0. The van der Waals surface area contributed by atoms with Gasteiger partial charge in [-0.3, -0.25) is 0 Å². The summed E-state index contributed by atoms with van der Waals surface area (Å²) in [5, 5.41) is 21.2. The highest BCUT2D eigenvalue weighted by atomic mass is 16.5. The first kappa shape index (κ1) is 8.73. The van der Waals surface area contributed by atoms with E-state index in [0.717, 1.165) is 0 Å². The molecule has 1 heterocycles. The Kier molecular flexibility index (Phi) is 2.14. The molecule has 1 aromatic rings. The van der Waals surface area contributed by atoms with Gasteiger partial charge in [-0.2, -0.15) is 0 Å². The molecule has 0 aliphatic heterocycles. The number of carboxylic acid groups (broad SMARTS) is 1. The van der Waals surface area contributed by atoms with E-state index in [1.165, 1.54) is 13.8 Å². The van der Waals surface area contributed by atoms with E-state index in [9.17, 15) is 4.79 Å². The predicted octanol–water partition coefficient (Wildman–Crippen LogP) is 0.735. The lowest BCUT2D eigenvalue weighted by molar-refractivity contribution is 0.0684. The summed E-state index contributed by atoms with van der Waals surface area (Å²) in [5.41, 5.74) is 0.225. The first-order chi connectivity index (χ1) is 5.54. The molecule has 0 radical (unpaired) electrons. The highest BCUT2D eigenvalue weighted by Crippen LogP contribution is 2.20. The lowest BCUT2D eigenvalue weighted by Crippen LogP contribution is -2.03. The molecule has 0 saturated heterocycles. The van der Waals surface area contributed by atoms with Gasteiger partial charge in [-0.05, 0) is 13.8 Å². The fourth-order valence-corrected chi connectivity index (χ4v) is 0.933. The molecule has 2 N–H and O–H groups in total. The Morgan fingerprint density at radius 3 is 2.58 bits per heavy atom. The van der Waals surface area contributed by atoms with Crippen LogP contribution in [0.4, 0.5) is 0 Å². The first-order valence-electron chi connectivity index (χ1n) is 3.41. The number of carboxylic acids is 1. The summed E-state index contributed by atoms with van der Waals surface area (Å²) in [5.74, 6) is -1.13. The average Bonchev–Trinajstić information content (AvgIpc) is 2.30. The zero-order valence-electron chi connectivity index (χ0n) is 6.74. The molecule has 5 heteroatoms. The van der Waals surface area contributed by atoms with Crippen molar-refractivity contribution in [2.45, 2.75) is 20.0 Å². The number of aromatic nitrogens is 1. The van der Waals surface area contributed by atoms with Gasteiger partial charge in [0.25, 0.3) is 0 Å². The van der Waals surface area contributed by atoms with Crippen LogP contribution in [0.15, 0.2) is 4.52 Å². The van der Waals surface area contributed by atoms with E-state index < -0.39 is 12.1 Å². The molecule has 0 aliphatic carbocycles. The van der Waals surface area contributed by atoms with Crippen LogP contribution in [-0.4, -0.2) is 21.3 Å². The number of hydrogen-bond donors (Lipinski definition) is 2. The highest BCUT2D eigenvalue weighted by Gasteiger charge is 2.22. The van der Waals surface area contributed by atoms with Gasteiger partial charge in [0.05, 0.1) is 5.69 Å². The van der Waals surface area contributed by atoms with Gasteiger partial charge in [-0.1, -0.05) is 5.16 Å². The fraction of sp³-hybridized carbons (Fsp3) is 0.429. The second-order valence-corrected chi connectivity index (χ2v) is 2.49. The Balaban J connectivity index is 3.21. The molecular formula is C7H9NO4. The lowest BCUT2D eigenvalue weighted by atomic mass is 10.1. The Labute approximate surface area is 68.6 Å². The number of carbonyl (C=O) groups is 1. The molecule has 0 aromatic carbocycles. The topological polar surface area (TPSA) is 83.6 Å². The van der Waals surface area contributed by atoms with Crippen LogP contribution >= 0.6 is 0 Å². The van der Waals surface area contributed by atoms with E-state index in [2.05, 4.69) is 9.68 Å². The predicted molar refractivity (Wildman–Crippen MR) is 38.8 cm³/mol. The normalized spacial score (nSPS) is 12.9. The molecule has 0 fully saturated rings. The van der Waals surface area contributed by atoms with E-state index in [4.69, 9.17) is 10.2 Å². The summed E-state index contributed by atoms with van der Waals surface area (Å²) in [6, 6.07) is 0. The fourth-order valence-electron chi connectivity index (χ4n) is 0.933. The average molecular weight is 171 g/mol.